The maximum absolute atomic E-state index is 11.9. The minimum Gasteiger partial charge on any atom is -0.481 e. The number of amides is 1. The number of likely N-dealkylation sites (N-methyl/N-ethyl adjacent to an activating group) is 1. The SMILES string of the molecule is CN1C(=O)C(=Cc2ccc(OCC(=O)O)c(Br)c2)SC1=S. The van der Waals surface area contributed by atoms with Crippen molar-refractivity contribution in [3.8, 4) is 5.75 Å². The van der Waals surface area contributed by atoms with Crippen LogP contribution in [0, 0.1) is 0 Å². The Bertz CT molecular complexity index is 660. The van der Waals surface area contributed by atoms with Crippen LogP contribution < -0.4 is 4.74 Å². The van der Waals surface area contributed by atoms with Crippen molar-refractivity contribution >= 4 is 62.2 Å². The first kappa shape index (κ1) is 16.0. The molecule has 0 saturated carbocycles. The molecule has 1 fully saturated rings. The number of hydrogen-bond donors (Lipinski definition) is 1. The third-order valence-electron chi connectivity index (χ3n) is 2.59. The van der Waals surface area contributed by atoms with Crippen LogP contribution in [0.25, 0.3) is 6.08 Å². The highest BCUT2D eigenvalue weighted by Crippen LogP contribution is 2.33. The minimum absolute atomic E-state index is 0.132. The van der Waals surface area contributed by atoms with Crippen molar-refractivity contribution in [1.29, 1.82) is 0 Å². The van der Waals surface area contributed by atoms with Crippen molar-refractivity contribution in [3.05, 3.63) is 33.1 Å². The van der Waals surface area contributed by atoms with Gasteiger partial charge in [0.15, 0.2) is 6.61 Å². The summed E-state index contributed by atoms with van der Waals surface area (Å²) in [5.74, 6) is -0.748. The normalized spacial score (nSPS) is 16.7. The average Bonchev–Trinajstić information content (AvgIpc) is 2.65. The monoisotopic (exact) mass is 387 g/mol. The number of aliphatic carboxylic acids is 1. The maximum atomic E-state index is 11.9. The molecule has 0 atom stereocenters. The lowest BCUT2D eigenvalue weighted by Gasteiger charge is -2.06. The van der Waals surface area contributed by atoms with Crippen molar-refractivity contribution in [2.24, 2.45) is 0 Å². The number of benzene rings is 1. The van der Waals surface area contributed by atoms with Crippen LogP contribution in [-0.4, -0.2) is 39.9 Å². The summed E-state index contributed by atoms with van der Waals surface area (Å²) in [6.45, 7) is -0.410. The fraction of sp³-hybridized carbons (Fsp3) is 0.154. The fourth-order valence-electron chi connectivity index (χ4n) is 1.56. The third-order valence-corrected chi connectivity index (χ3v) is 4.70. The molecule has 8 heteroatoms. The number of hydrogen-bond acceptors (Lipinski definition) is 5. The van der Waals surface area contributed by atoms with E-state index in [1.54, 1.807) is 31.3 Å². The second-order valence-corrected chi connectivity index (χ2v) is 6.64. The largest absolute Gasteiger partial charge is 0.481 e. The Balaban J connectivity index is 2.19. The maximum Gasteiger partial charge on any atom is 0.341 e. The van der Waals surface area contributed by atoms with Gasteiger partial charge in [-0.2, -0.15) is 0 Å². The Morgan fingerprint density at radius 3 is 2.81 bits per heavy atom. The number of nitrogens with zero attached hydrogens (tertiary/aromatic N) is 1. The van der Waals surface area contributed by atoms with Gasteiger partial charge in [-0.15, -0.1) is 0 Å². The summed E-state index contributed by atoms with van der Waals surface area (Å²) in [7, 11) is 1.64. The van der Waals surface area contributed by atoms with Gasteiger partial charge in [-0.05, 0) is 39.7 Å². The summed E-state index contributed by atoms with van der Waals surface area (Å²) in [5, 5.41) is 8.58. The first-order chi connectivity index (χ1) is 9.88. The molecule has 0 bridgehead atoms. The van der Waals surface area contributed by atoms with Crippen LogP contribution in [0.5, 0.6) is 5.75 Å². The molecular weight excluding hydrogens is 378 g/mol. The Morgan fingerprint density at radius 1 is 1.57 bits per heavy atom. The summed E-state index contributed by atoms with van der Waals surface area (Å²) in [5.41, 5.74) is 0.790. The number of carboxylic acids is 1. The molecule has 1 amide bonds. The smallest absolute Gasteiger partial charge is 0.341 e. The van der Waals surface area contributed by atoms with Gasteiger partial charge in [0.1, 0.15) is 10.1 Å². The molecule has 0 spiro atoms. The topological polar surface area (TPSA) is 66.8 Å². The highest BCUT2D eigenvalue weighted by atomic mass is 79.9. The Kier molecular flexibility index (Phi) is 5.02. The van der Waals surface area contributed by atoms with E-state index in [4.69, 9.17) is 22.1 Å². The van der Waals surface area contributed by atoms with Crippen molar-refractivity contribution in [2.45, 2.75) is 0 Å². The quantitative estimate of drug-likeness (QED) is 0.632. The molecule has 1 aromatic rings. The van der Waals surface area contributed by atoms with E-state index in [-0.39, 0.29) is 5.91 Å². The molecule has 1 N–H and O–H groups in total. The number of halogens is 1. The number of carbonyl (C=O) groups excluding carboxylic acids is 1. The van der Waals surface area contributed by atoms with Crippen LogP contribution in [0.4, 0.5) is 0 Å². The van der Waals surface area contributed by atoms with E-state index in [0.717, 1.165) is 5.56 Å². The first-order valence-corrected chi connectivity index (χ1v) is 7.76. The van der Waals surface area contributed by atoms with E-state index in [1.807, 2.05) is 0 Å². The summed E-state index contributed by atoms with van der Waals surface area (Å²) in [6.07, 6.45) is 1.73. The molecule has 21 heavy (non-hydrogen) atoms. The first-order valence-electron chi connectivity index (χ1n) is 5.74. The lowest BCUT2D eigenvalue weighted by Crippen LogP contribution is -2.22. The summed E-state index contributed by atoms with van der Waals surface area (Å²) in [6, 6.07) is 5.13. The molecule has 1 aromatic carbocycles. The zero-order valence-electron chi connectivity index (χ0n) is 10.8. The van der Waals surface area contributed by atoms with Crippen LogP contribution in [0.1, 0.15) is 5.56 Å². The van der Waals surface area contributed by atoms with E-state index in [1.165, 1.54) is 16.7 Å². The van der Waals surface area contributed by atoms with Gasteiger partial charge in [0, 0.05) is 7.05 Å². The molecule has 1 aliphatic heterocycles. The number of carboxylic acid groups (broad SMARTS) is 1. The van der Waals surface area contributed by atoms with Crippen LogP contribution in [0.3, 0.4) is 0 Å². The predicted molar refractivity (Wildman–Crippen MR) is 88.2 cm³/mol. The molecule has 0 unspecified atom stereocenters. The number of thioether (sulfide) groups is 1. The van der Waals surface area contributed by atoms with E-state index in [2.05, 4.69) is 15.9 Å². The molecule has 5 nitrogen and oxygen atoms in total. The van der Waals surface area contributed by atoms with Crippen LogP contribution in [0.15, 0.2) is 27.6 Å². The van der Waals surface area contributed by atoms with E-state index in [0.29, 0.717) is 19.4 Å². The number of carbonyl (C=O) groups is 2. The molecule has 0 aliphatic carbocycles. The lowest BCUT2D eigenvalue weighted by molar-refractivity contribution is -0.139. The molecule has 0 aromatic heterocycles. The molecule has 1 saturated heterocycles. The van der Waals surface area contributed by atoms with Gasteiger partial charge in [-0.1, -0.05) is 30.0 Å². The molecule has 110 valence electrons. The van der Waals surface area contributed by atoms with Crippen molar-refractivity contribution in [3.63, 3.8) is 0 Å². The van der Waals surface area contributed by atoms with E-state index >= 15 is 0 Å². The second kappa shape index (κ2) is 6.59. The zero-order valence-corrected chi connectivity index (χ0v) is 14.0. The number of ether oxygens (including phenoxy) is 1. The average molecular weight is 388 g/mol. The Morgan fingerprint density at radius 2 is 2.29 bits per heavy atom. The van der Waals surface area contributed by atoms with Crippen LogP contribution >= 0.6 is 39.9 Å². The molecule has 2 rings (SSSR count). The van der Waals surface area contributed by atoms with Crippen molar-refractivity contribution in [1.82, 2.24) is 4.90 Å². The fourth-order valence-corrected chi connectivity index (χ4v) is 3.25. The van der Waals surface area contributed by atoms with Gasteiger partial charge < -0.3 is 9.84 Å². The standard InChI is InChI=1S/C13H10BrNO4S2/c1-15-12(18)10(21-13(15)20)5-7-2-3-9(8(14)4-7)19-6-11(16)17/h2-5H,6H2,1H3,(H,16,17). The van der Waals surface area contributed by atoms with E-state index < -0.39 is 12.6 Å². The number of thiocarbonyl (C=S) groups is 1. The van der Waals surface area contributed by atoms with Gasteiger partial charge in [0.05, 0.1) is 9.38 Å². The summed E-state index contributed by atoms with van der Waals surface area (Å²) in [4.78, 5) is 24.3. The van der Waals surface area contributed by atoms with Gasteiger partial charge in [-0.25, -0.2) is 4.79 Å². The minimum atomic E-state index is -1.04. The summed E-state index contributed by atoms with van der Waals surface area (Å²) >= 11 is 9.62. The van der Waals surface area contributed by atoms with Gasteiger partial charge in [0.25, 0.3) is 5.91 Å². The van der Waals surface area contributed by atoms with Crippen molar-refractivity contribution in [2.75, 3.05) is 13.7 Å². The van der Waals surface area contributed by atoms with Gasteiger partial charge in [0.2, 0.25) is 0 Å². The molecular formula is C13H10BrNO4S2. The third kappa shape index (κ3) is 3.84. The molecule has 1 heterocycles. The zero-order chi connectivity index (χ0) is 15.6. The Hall–Kier alpha value is -1.38. The van der Waals surface area contributed by atoms with Crippen LogP contribution in [0.2, 0.25) is 0 Å². The second-order valence-electron chi connectivity index (χ2n) is 4.11. The number of rotatable bonds is 4. The van der Waals surface area contributed by atoms with E-state index in [9.17, 15) is 9.59 Å². The van der Waals surface area contributed by atoms with Crippen molar-refractivity contribution < 1.29 is 19.4 Å². The van der Waals surface area contributed by atoms with Gasteiger partial charge >= 0.3 is 5.97 Å². The van der Waals surface area contributed by atoms with Crippen LogP contribution in [-0.2, 0) is 9.59 Å². The lowest BCUT2D eigenvalue weighted by atomic mass is 10.2. The molecule has 0 radical (unpaired) electrons. The predicted octanol–water partition coefficient (Wildman–Crippen LogP) is 2.74. The highest BCUT2D eigenvalue weighted by molar-refractivity contribution is 9.10. The molecule has 1 aliphatic rings. The van der Waals surface area contributed by atoms with Gasteiger partial charge in [-0.3, -0.25) is 9.69 Å². The summed E-state index contributed by atoms with van der Waals surface area (Å²) < 4.78 is 6.25. The Labute approximate surface area is 139 Å². The highest BCUT2D eigenvalue weighted by Gasteiger charge is 2.28.